The van der Waals surface area contributed by atoms with Crippen LogP contribution in [0.3, 0.4) is 0 Å². The molecule has 2 heterocycles. The van der Waals surface area contributed by atoms with E-state index in [1.807, 2.05) is 6.07 Å². The molecular weight excluding hydrogens is 410 g/mol. The Morgan fingerprint density at radius 2 is 1.50 bits per heavy atom. The number of hydrogen-bond acceptors (Lipinski definition) is 4. The van der Waals surface area contributed by atoms with Crippen molar-refractivity contribution in [3.63, 3.8) is 0 Å². The third-order valence-electron chi connectivity index (χ3n) is 5.67. The van der Waals surface area contributed by atoms with E-state index >= 15 is 0 Å². The maximum Gasteiger partial charge on any atom is 0.163 e. The molecule has 0 amide bonds. The summed E-state index contributed by atoms with van der Waals surface area (Å²) in [6.45, 7) is 5.13. The zero-order valence-electron chi connectivity index (χ0n) is 18.2. The first-order chi connectivity index (χ1) is 15.7. The van der Waals surface area contributed by atoms with Crippen LogP contribution in [0.1, 0.15) is 30.9 Å². The number of aromatic nitrogens is 2. The van der Waals surface area contributed by atoms with Crippen molar-refractivity contribution in [2.24, 2.45) is 0 Å². The highest BCUT2D eigenvalue weighted by Crippen LogP contribution is 2.32. The van der Waals surface area contributed by atoms with E-state index in [-0.39, 0.29) is 0 Å². The van der Waals surface area contributed by atoms with E-state index in [0.29, 0.717) is 12.5 Å². The lowest BCUT2D eigenvalue weighted by molar-refractivity contribution is 0.866. The highest BCUT2D eigenvalue weighted by atomic mass is 32.1. The highest BCUT2D eigenvalue weighted by molar-refractivity contribution is 7.16. The van der Waals surface area contributed by atoms with E-state index in [9.17, 15) is 0 Å². The summed E-state index contributed by atoms with van der Waals surface area (Å²) in [4.78, 5) is 10.8. The summed E-state index contributed by atoms with van der Waals surface area (Å²) in [7, 11) is 0. The monoisotopic (exact) mass is 435 g/mol. The highest BCUT2D eigenvalue weighted by Gasteiger charge is 2.14. The smallest absolute Gasteiger partial charge is 0.163 e. The lowest BCUT2D eigenvalue weighted by Gasteiger charge is -2.14. The zero-order valence-corrected chi connectivity index (χ0v) is 19.1. The molecule has 1 N–H and O–H groups in total. The molecule has 0 unspecified atom stereocenters. The van der Waals surface area contributed by atoms with Gasteiger partial charge in [0.05, 0.1) is 5.39 Å². The number of benzene rings is 3. The minimum Gasteiger partial charge on any atom is -0.365 e. The van der Waals surface area contributed by atoms with Crippen molar-refractivity contribution in [1.29, 1.82) is 0 Å². The Hall–Kier alpha value is -3.50. The summed E-state index contributed by atoms with van der Waals surface area (Å²) in [5.74, 6) is 2.08. The van der Waals surface area contributed by atoms with E-state index < -0.39 is 0 Å². The Bertz CT molecular complexity index is 1340. The van der Waals surface area contributed by atoms with Crippen LogP contribution < -0.4 is 5.32 Å². The van der Waals surface area contributed by atoms with Crippen LogP contribution in [0.2, 0.25) is 0 Å². The molecule has 0 aliphatic rings. The van der Waals surface area contributed by atoms with Crippen LogP contribution in [0.4, 0.5) is 5.82 Å². The van der Waals surface area contributed by atoms with Gasteiger partial charge in [0.1, 0.15) is 10.6 Å². The van der Waals surface area contributed by atoms with Crippen molar-refractivity contribution in [2.75, 3.05) is 5.32 Å². The average Bonchev–Trinajstić information content (AvgIpc) is 3.32. The number of rotatable bonds is 6. The average molecular weight is 436 g/mol. The quantitative estimate of drug-likeness (QED) is 0.296. The van der Waals surface area contributed by atoms with Crippen LogP contribution >= 0.6 is 11.3 Å². The zero-order chi connectivity index (χ0) is 21.9. The Labute approximate surface area is 192 Å². The molecule has 0 saturated carbocycles. The maximum absolute atomic E-state index is 4.95. The molecule has 5 rings (SSSR count). The standard InChI is InChI=1S/C28H25N3S/c1-19(2)23-10-6-7-11-24(23)27-30-26(25-16-17-32-28(25)31-27)29-18-20-12-14-22(15-13-20)21-8-4-3-5-9-21/h3-17,19H,18H2,1-2H3,(H,29,30,31). The number of fused-ring (bicyclic) bond motifs is 1. The second-order valence-corrected chi connectivity index (χ2v) is 9.09. The molecule has 3 aromatic carbocycles. The predicted molar refractivity (Wildman–Crippen MR) is 136 cm³/mol. The molecule has 0 aliphatic carbocycles. The van der Waals surface area contributed by atoms with Crippen molar-refractivity contribution < 1.29 is 0 Å². The van der Waals surface area contributed by atoms with Gasteiger partial charge in [0.2, 0.25) is 0 Å². The predicted octanol–water partition coefficient (Wildman–Crippen LogP) is 7.76. The lowest BCUT2D eigenvalue weighted by atomic mass is 9.97. The molecule has 2 aromatic heterocycles. The second-order valence-electron chi connectivity index (χ2n) is 8.19. The third kappa shape index (κ3) is 4.14. The number of nitrogens with zero attached hydrogens (tertiary/aromatic N) is 2. The molecule has 0 aliphatic heterocycles. The summed E-state index contributed by atoms with van der Waals surface area (Å²) in [6, 6.07) is 29.7. The minimum absolute atomic E-state index is 0.411. The van der Waals surface area contributed by atoms with Crippen LogP contribution in [0.15, 0.2) is 90.3 Å². The Morgan fingerprint density at radius 3 is 2.28 bits per heavy atom. The van der Waals surface area contributed by atoms with E-state index in [2.05, 4.69) is 103 Å². The van der Waals surface area contributed by atoms with Gasteiger partial charge in [-0.05, 0) is 39.6 Å². The van der Waals surface area contributed by atoms with Gasteiger partial charge in [-0.25, -0.2) is 9.97 Å². The molecule has 158 valence electrons. The molecule has 0 atom stereocenters. The van der Waals surface area contributed by atoms with Gasteiger partial charge in [-0.2, -0.15) is 0 Å². The Kier molecular flexibility index (Phi) is 5.70. The SMILES string of the molecule is CC(C)c1ccccc1-c1nc(NCc2ccc(-c3ccccc3)cc2)c2ccsc2n1. The number of nitrogens with one attached hydrogen (secondary N) is 1. The number of hydrogen-bond donors (Lipinski definition) is 1. The second kappa shape index (κ2) is 8.93. The summed E-state index contributed by atoms with van der Waals surface area (Å²) >= 11 is 1.65. The summed E-state index contributed by atoms with van der Waals surface area (Å²) < 4.78 is 0. The van der Waals surface area contributed by atoms with Crippen LogP contribution in [0, 0.1) is 0 Å². The summed E-state index contributed by atoms with van der Waals surface area (Å²) in [6.07, 6.45) is 0. The van der Waals surface area contributed by atoms with Gasteiger partial charge in [0, 0.05) is 12.1 Å². The number of anilines is 1. The van der Waals surface area contributed by atoms with Gasteiger partial charge in [0.25, 0.3) is 0 Å². The molecule has 0 spiro atoms. The first kappa shape index (κ1) is 20.4. The van der Waals surface area contributed by atoms with Gasteiger partial charge >= 0.3 is 0 Å². The molecule has 0 radical (unpaired) electrons. The van der Waals surface area contributed by atoms with Gasteiger partial charge in [-0.15, -0.1) is 11.3 Å². The fraction of sp³-hybridized carbons (Fsp3) is 0.143. The summed E-state index contributed by atoms with van der Waals surface area (Å²) in [5.41, 5.74) is 6.05. The van der Waals surface area contributed by atoms with E-state index in [1.165, 1.54) is 22.3 Å². The molecule has 0 saturated heterocycles. The van der Waals surface area contributed by atoms with Gasteiger partial charge < -0.3 is 5.32 Å². The molecule has 0 fully saturated rings. The molecule has 0 bridgehead atoms. The van der Waals surface area contributed by atoms with Gasteiger partial charge in [-0.3, -0.25) is 0 Å². The topological polar surface area (TPSA) is 37.8 Å². The van der Waals surface area contributed by atoms with Crippen molar-refractivity contribution in [1.82, 2.24) is 9.97 Å². The molecule has 5 aromatic rings. The van der Waals surface area contributed by atoms with Gasteiger partial charge in [0.15, 0.2) is 5.82 Å². The molecular formula is C28H25N3S. The first-order valence-corrected chi connectivity index (χ1v) is 11.8. The van der Waals surface area contributed by atoms with Crippen LogP contribution in [-0.2, 0) is 6.54 Å². The molecule has 3 nitrogen and oxygen atoms in total. The summed E-state index contributed by atoms with van der Waals surface area (Å²) in [5, 5.41) is 6.72. The lowest BCUT2D eigenvalue weighted by Crippen LogP contribution is -2.04. The fourth-order valence-corrected chi connectivity index (χ4v) is 4.71. The van der Waals surface area contributed by atoms with E-state index in [0.717, 1.165) is 27.4 Å². The van der Waals surface area contributed by atoms with E-state index in [4.69, 9.17) is 9.97 Å². The number of thiophene rings is 1. The Morgan fingerprint density at radius 1 is 0.781 bits per heavy atom. The van der Waals surface area contributed by atoms with Crippen LogP contribution in [0.25, 0.3) is 32.7 Å². The molecule has 32 heavy (non-hydrogen) atoms. The van der Waals surface area contributed by atoms with Gasteiger partial charge in [-0.1, -0.05) is 92.7 Å². The largest absolute Gasteiger partial charge is 0.365 e. The molecule has 4 heteroatoms. The van der Waals surface area contributed by atoms with Crippen molar-refractivity contribution in [2.45, 2.75) is 26.3 Å². The van der Waals surface area contributed by atoms with Crippen LogP contribution in [-0.4, -0.2) is 9.97 Å². The van der Waals surface area contributed by atoms with E-state index in [1.54, 1.807) is 11.3 Å². The normalized spacial score (nSPS) is 11.2. The van der Waals surface area contributed by atoms with Crippen molar-refractivity contribution >= 4 is 27.4 Å². The fourth-order valence-electron chi connectivity index (χ4n) is 3.95. The minimum atomic E-state index is 0.411. The Balaban J connectivity index is 1.43. The maximum atomic E-state index is 4.95. The first-order valence-electron chi connectivity index (χ1n) is 10.9. The van der Waals surface area contributed by atoms with Crippen LogP contribution in [0.5, 0.6) is 0 Å². The third-order valence-corrected chi connectivity index (χ3v) is 6.48. The van der Waals surface area contributed by atoms with Crippen molar-refractivity contribution in [3.8, 4) is 22.5 Å². The van der Waals surface area contributed by atoms with Crippen molar-refractivity contribution in [3.05, 3.63) is 101 Å².